The highest BCUT2D eigenvalue weighted by Crippen LogP contribution is 2.29. The molecule has 6 nitrogen and oxygen atoms in total. The second kappa shape index (κ2) is 10.1. The Morgan fingerprint density at radius 2 is 1.78 bits per heavy atom. The summed E-state index contributed by atoms with van der Waals surface area (Å²) in [6.45, 7) is 9.90. The minimum atomic E-state index is 0.156. The van der Waals surface area contributed by atoms with E-state index in [2.05, 4.69) is 52.6 Å². The Hall–Kier alpha value is -2.93. The van der Waals surface area contributed by atoms with E-state index in [0.29, 0.717) is 25.4 Å². The van der Waals surface area contributed by atoms with Gasteiger partial charge in [-0.25, -0.2) is 4.98 Å². The van der Waals surface area contributed by atoms with Crippen molar-refractivity contribution in [3.8, 4) is 11.4 Å². The largest absolute Gasteiger partial charge is 0.492 e. The fourth-order valence-electron chi connectivity index (χ4n) is 3.99. The third kappa shape index (κ3) is 4.78. The van der Waals surface area contributed by atoms with Gasteiger partial charge >= 0.3 is 0 Å². The van der Waals surface area contributed by atoms with Crippen molar-refractivity contribution in [1.29, 1.82) is 0 Å². The average molecular weight is 451 g/mol. The molecule has 3 aromatic rings. The number of ether oxygens (including phenoxy) is 1. The molecule has 1 aromatic heterocycles. The molecule has 0 unspecified atom stereocenters. The van der Waals surface area contributed by atoms with Gasteiger partial charge < -0.3 is 14.5 Å². The van der Waals surface area contributed by atoms with Gasteiger partial charge in [-0.3, -0.25) is 9.36 Å². The predicted molar refractivity (Wildman–Crippen MR) is 130 cm³/mol. The summed E-state index contributed by atoms with van der Waals surface area (Å²) >= 11 is 1.50. The number of aryl methyl sites for hydroxylation is 1. The normalized spacial score (nSPS) is 14.0. The molecule has 2 aromatic carbocycles. The highest BCUT2D eigenvalue weighted by molar-refractivity contribution is 7.99. The number of hydrogen-bond donors (Lipinski definition) is 0. The van der Waals surface area contributed by atoms with Crippen LogP contribution in [0, 0.1) is 13.8 Å². The van der Waals surface area contributed by atoms with Crippen LogP contribution in [0.25, 0.3) is 5.69 Å². The maximum atomic E-state index is 12.9. The van der Waals surface area contributed by atoms with E-state index in [1.165, 1.54) is 22.9 Å². The first-order chi connectivity index (χ1) is 15.6. The molecule has 0 N–H and O–H groups in total. The fourth-order valence-corrected chi connectivity index (χ4v) is 4.86. The molecule has 1 fully saturated rings. The Labute approximate surface area is 194 Å². The molecule has 0 bridgehead atoms. The topological polar surface area (TPSA) is 50.6 Å². The van der Waals surface area contributed by atoms with Crippen LogP contribution in [0.15, 0.2) is 60.0 Å². The van der Waals surface area contributed by atoms with E-state index >= 15 is 0 Å². The Morgan fingerprint density at radius 3 is 2.56 bits per heavy atom. The molecule has 0 radical (unpaired) electrons. The lowest BCUT2D eigenvalue weighted by Crippen LogP contribution is -2.49. The zero-order valence-corrected chi connectivity index (χ0v) is 19.8. The number of nitrogens with zero attached hydrogens (tertiary/aromatic N) is 4. The van der Waals surface area contributed by atoms with Crippen LogP contribution in [0.5, 0.6) is 5.75 Å². The first-order valence-electron chi connectivity index (χ1n) is 11.1. The van der Waals surface area contributed by atoms with E-state index in [1.807, 2.05) is 36.2 Å². The lowest BCUT2D eigenvalue weighted by atomic mass is 10.1. The second-order valence-corrected chi connectivity index (χ2v) is 8.80. The van der Waals surface area contributed by atoms with Gasteiger partial charge in [-0.05, 0) is 50.1 Å². The number of aromatic nitrogens is 2. The van der Waals surface area contributed by atoms with Crippen molar-refractivity contribution in [3.63, 3.8) is 0 Å². The van der Waals surface area contributed by atoms with Crippen molar-refractivity contribution in [3.05, 3.63) is 66.0 Å². The zero-order chi connectivity index (χ0) is 22.5. The molecule has 1 aliphatic heterocycles. The summed E-state index contributed by atoms with van der Waals surface area (Å²) in [4.78, 5) is 21.6. The number of amides is 1. The molecule has 0 aliphatic carbocycles. The van der Waals surface area contributed by atoms with Gasteiger partial charge in [0.2, 0.25) is 5.91 Å². The lowest BCUT2D eigenvalue weighted by molar-refractivity contribution is -0.128. The van der Waals surface area contributed by atoms with Crippen LogP contribution < -0.4 is 9.64 Å². The molecule has 1 aliphatic rings. The van der Waals surface area contributed by atoms with Gasteiger partial charge in [0.1, 0.15) is 5.75 Å². The van der Waals surface area contributed by atoms with E-state index in [9.17, 15) is 4.79 Å². The van der Waals surface area contributed by atoms with Crippen molar-refractivity contribution in [1.82, 2.24) is 14.5 Å². The minimum Gasteiger partial charge on any atom is -0.492 e. The second-order valence-electron chi connectivity index (χ2n) is 7.86. The van der Waals surface area contributed by atoms with Crippen molar-refractivity contribution in [2.75, 3.05) is 43.4 Å². The molecule has 2 heterocycles. The van der Waals surface area contributed by atoms with E-state index < -0.39 is 0 Å². The van der Waals surface area contributed by atoms with Crippen LogP contribution in [-0.4, -0.2) is 58.9 Å². The third-order valence-electron chi connectivity index (χ3n) is 5.91. The summed E-state index contributed by atoms with van der Waals surface area (Å²) in [5.41, 5.74) is 4.68. The highest BCUT2D eigenvalue weighted by atomic mass is 32.2. The summed E-state index contributed by atoms with van der Waals surface area (Å²) in [6, 6.07) is 14.4. The molecule has 0 spiro atoms. The SMILES string of the molecule is CCOc1ccccc1N1CCN(C(=O)CSc2nccn2-c2cccc(C)c2C)CC1. The molecule has 0 saturated carbocycles. The van der Waals surface area contributed by atoms with Gasteiger partial charge in [-0.15, -0.1) is 0 Å². The predicted octanol–water partition coefficient (Wildman–Crippen LogP) is 4.33. The monoisotopic (exact) mass is 450 g/mol. The first kappa shape index (κ1) is 22.3. The molecule has 168 valence electrons. The van der Waals surface area contributed by atoms with Gasteiger partial charge in [0.25, 0.3) is 0 Å². The molecule has 1 saturated heterocycles. The maximum Gasteiger partial charge on any atom is 0.233 e. The van der Waals surface area contributed by atoms with E-state index in [0.717, 1.165) is 35.4 Å². The van der Waals surface area contributed by atoms with Crippen molar-refractivity contribution >= 4 is 23.4 Å². The van der Waals surface area contributed by atoms with E-state index in [1.54, 1.807) is 6.20 Å². The number of para-hydroxylation sites is 2. The number of benzene rings is 2. The standard InChI is InChI=1S/C25H30N4O2S/c1-4-31-23-11-6-5-9-22(23)27-14-16-28(17-15-27)24(30)18-32-25-26-12-13-29(25)21-10-7-8-19(2)20(21)3/h5-13H,4,14-18H2,1-3H3. The van der Waals surface area contributed by atoms with Gasteiger partial charge in [-0.1, -0.05) is 36.0 Å². The summed E-state index contributed by atoms with van der Waals surface area (Å²) < 4.78 is 7.85. The number of anilines is 1. The van der Waals surface area contributed by atoms with Crippen LogP contribution in [0.3, 0.4) is 0 Å². The third-order valence-corrected chi connectivity index (χ3v) is 6.86. The Bertz CT molecular complexity index is 1070. The number of imidazole rings is 1. The molecule has 1 amide bonds. The molecule has 7 heteroatoms. The Kier molecular flexibility index (Phi) is 7.05. The summed E-state index contributed by atoms with van der Waals surface area (Å²) in [5.74, 6) is 1.45. The van der Waals surface area contributed by atoms with E-state index in [4.69, 9.17) is 4.74 Å². The van der Waals surface area contributed by atoms with Crippen molar-refractivity contribution in [2.45, 2.75) is 25.9 Å². The Morgan fingerprint density at radius 1 is 1.03 bits per heavy atom. The smallest absolute Gasteiger partial charge is 0.233 e. The van der Waals surface area contributed by atoms with Crippen molar-refractivity contribution < 1.29 is 9.53 Å². The van der Waals surface area contributed by atoms with Gasteiger partial charge in [0.15, 0.2) is 5.16 Å². The van der Waals surface area contributed by atoms with Gasteiger partial charge in [-0.2, -0.15) is 0 Å². The number of rotatable bonds is 7. The number of thioether (sulfide) groups is 1. The van der Waals surface area contributed by atoms with Gasteiger partial charge in [0, 0.05) is 38.6 Å². The van der Waals surface area contributed by atoms with Crippen LogP contribution in [-0.2, 0) is 4.79 Å². The quantitative estimate of drug-likeness (QED) is 0.502. The average Bonchev–Trinajstić information content (AvgIpc) is 3.28. The number of carbonyl (C=O) groups is 1. The molecule has 4 rings (SSSR count). The summed E-state index contributed by atoms with van der Waals surface area (Å²) in [5, 5.41) is 0.844. The summed E-state index contributed by atoms with van der Waals surface area (Å²) in [7, 11) is 0. The maximum absolute atomic E-state index is 12.9. The van der Waals surface area contributed by atoms with Crippen LogP contribution >= 0.6 is 11.8 Å². The van der Waals surface area contributed by atoms with Crippen LogP contribution in [0.4, 0.5) is 5.69 Å². The molecular weight excluding hydrogens is 420 g/mol. The molecule has 0 atom stereocenters. The minimum absolute atomic E-state index is 0.156. The molecular formula is C25H30N4O2S. The zero-order valence-electron chi connectivity index (χ0n) is 19.0. The molecule has 32 heavy (non-hydrogen) atoms. The van der Waals surface area contributed by atoms with Crippen LogP contribution in [0.2, 0.25) is 0 Å². The van der Waals surface area contributed by atoms with Crippen LogP contribution in [0.1, 0.15) is 18.1 Å². The summed E-state index contributed by atoms with van der Waals surface area (Å²) in [6.07, 6.45) is 3.76. The Balaban J connectivity index is 1.35. The van der Waals surface area contributed by atoms with Crippen molar-refractivity contribution in [2.24, 2.45) is 0 Å². The first-order valence-corrected chi connectivity index (χ1v) is 12.0. The number of hydrogen-bond acceptors (Lipinski definition) is 5. The number of carbonyl (C=O) groups excluding carboxylic acids is 1. The fraction of sp³-hybridized carbons (Fsp3) is 0.360. The van der Waals surface area contributed by atoms with Gasteiger partial charge in [0.05, 0.1) is 23.7 Å². The van der Waals surface area contributed by atoms with E-state index in [-0.39, 0.29) is 5.91 Å². The lowest BCUT2D eigenvalue weighted by Gasteiger charge is -2.36. The number of piperazine rings is 1. The highest BCUT2D eigenvalue weighted by Gasteiger charge is 2.23.